The van der Waals surface area contributed by atoms with Crippen molar-refractivity contribution >= 4 is 11.9 Å². The van der Waals surface area contributed by atoms with E-state index in [4.69, 9.17) is 9.84 Å². The van der Waals surface area contributed by atoms with E-state index in [2.05, 4.69) is 47.8 Å². The third-order valence-electron chi connectivity index (χ3n) is 2.44. The third kappa shape index (κ3) is 42.8. The summed E-state index contributed by atoms with van der Waals surface area (Å²) < 4.78 is 4.81. The van der Waals surface area contributed by atoms with Gasteiger partial charge in [0.15, 0.2) is 0 Å². The van der Waals surface area contributed by atoms with Crippen molar-refractivity contribution in [2.24, 2.45) is 0 Å². The highest BCUT2D eigenvalue weighted by molar-refractivity contribution is 5.86. The Bertz CT molecular complexity index is 300. The molecule has 0 aliphatic carbocycles. The zero-order valence-corrected chi connectivity index (χ0v) is 17.0. The van der Waals surface area contributed by atoms with Gasteiger partial charge in [-0.3, -0.25) is 0 Å². The van der Waals surface area contributed by atoms with Gasteiger partial charge in [-0.15, -0.1) is 0 Å². The van der Waals surface area contributed by atoms with Crippen molar-refractivity contribution in [3.8, 4) is 0 Å². The molecule has 1 N–H and O–H groups in total. The van der Waals surface area contributed by atoms with Crippen molar-refractivity contribution in [3.05, 3.63) is 24.3 Å². The molecule has 0 aliphatic heterocycles. The molecule has 0 amide bonds. The first-order chi connectivity index (χ1) is 11.2. The van der Waals surface area contributed by atoms with Crippen LogP contribution in [0.3, 0.4) is 0 Å². The maximum atomic E-state index is 10.7. The Balaban J connectivity index is -0.000000122. The zero-order chi connectivity index (χ0) is 20.0. The molecule has 0 unspecified atom stereocenters. The molecule has 144 valence electrons. The van der Waals surface area contributed by atoms with E-state index in [0.29, 0.717) is 12.2 Å². The highest BCUT2D eigenvalue weighted by Gasteiger charge is 2.00. The second kappa shape index (κ2) is 26.3. The van der Waals surface area contributed by atoms with Gasteiger partial charge in [-0.1, -0.05) is 79.9 Å². The number of hydrogen-bond donors (Lipinski definition) is 1. The summed E-state index contributed by atoms with van der Waals surface area (Å²) in [6.45, 7) is 21.0. The molecule has 0 atom stereocenters. The average Bonchev–Trinajstić information content (AvgIpc) is 2.55. The van der Waals surface area contributed by atoms with Crippen LogP contribution in [0.5, 0.6) is 0 Å². The molecule has 0 heterocycles. The van der Waals surface area contributed by atoms with Crippen LogP contribution >= 0.6 is 0 Å². The first-order valence-electron chi connectivity index (χ1n) is 8.87. The van der Waals surface area contributed by atoms with Gasteiger partial charge in [-0.05, 0) is 20.3 Å². The van der Waals surface area contributed by atoms with E-state index in [0.717, 1.165) is 12.8 Å². The van der Waals surface area contributed by atoms with Crippen LogP contribution in [0, 0.1) is 0 Å². The molecule has 0 saturated carbocycles. The van der Waals surface area contributed by atoms with Crippen LogP contribution in [0.4, 0.5) is 0 Å². The lowest BCUT2D eigenvalue weighted by molar-refractivity contribution is -0.139. The van der Waals surface area contributed by atoms with Gasteiger partial charge in [-0.2, -0.15) is 0 Å². The quantitative estimate of drug-likeness (QED) is 0.341. The van der Waals surface area contributed by atoms with Crippen LogP contribution in [0.1, 0.15) is 87.0 Å². The Hall–Kier alpha value is -1.58. The van der Waals surface area contributed by atoms with Gasteiger partial charge in [-0.25, -0.2) is 9.59 Å². The smallest absolute Gasteiger partial charge is 0.333 e. The van der Waals surface area contributed by atoms with Gasteiger partial charge >= 0.3 is 11.9 Å². The van der Waals surface area contributed by atoms with Crippen molar-refractivity contribution in [2.75, 3.05) is 6.61 Å². The molecule has 0 fully saturated rings. The molecule has 0 bridgehead atoms. The van der Waals surface area contributed by atoms with Crippen molar-refractivity contribution < 1.29 is 19.4 Å². The predicted octanol–water partition coefficient (Wildman–Crippen LogP) is 6.17. The number of carbonyl (C=O) groups is 2. The molecule has 4 heteroatoms. The first kappa shape index (κ1) is 30.3. The van der Waals surface area contributed by atoms with E-state index in [9.17, 15) is 9.59 Å². The SMILES string of the molecule is C=C(C)C(=O)O.C=C(C)C(=O)OCCCC.CCCC.CCCC. The Morgan fingerprint density at radius 2 is 1.12 bits per heavy atom. The molecule has 24 heavy (non-hydrogen) atoms. The molecule has 0 aliphatic rings. The average molecular weight is 345 g/mol. The molecule has 0 saturated heterocycles. The molecular weight excluding hydrogens is 304 g/mol. The van der Waals surface area contributed by atoms with E-state index in [1.165, 1.54) is 32.6 Å². The number of ether oxygens (including phenoxy) is 1. The summed E-state index contributed by atoms with van der Waals surface area (Å²) in [6, 6.07) is 0. The number of carbonyl (C=O) groups excluding carboxylic acids is 1. The van der Waals surface area contributed by atoms with Crippen LogP contribution in [-0.2, 0) is 14.3 Å². The largest absolute Gasteiger partial charge is 0.478 e. The standard InChI is InChI=1S/C8H14O2.C4H6O2.2C4H10/c1-4-5-6-10-8(9)7(2)3;1-3(2)4(5)6;2*1-3-4-2/h2,4-6H2,1,3H3;1H2,2H3,(H,5,6);2*3-4H2,1-2H3. The Kier molecular flexibility index (Phi) is 33.3. The van der Waals surface area contributed by atoms with Crippen molar-refractivity contribution in [1.82, 2.24) is 0 Å². The Morgan fingerprint density at radius 1 is 0.792 bits per heavy atom. The zero-order valence-electron chi connectivity index (χ0n) is 17.0. The summed E-state index contributed by atoms with van der Waals surface area (Å²) in [4.78, 5) is 20.3. The number of unbranched alkanes of at least 4 members (excludes halogenated alkanes) is 3. The molecule has 0 rings (SSSR count). The minimum absolute atomic E-state index is 0.176. The van der Waals surface area contributed by atoms with Crippen LogP contribution in [0.25, 0.3) is 0 Å². The van der Waals surface area contributed by atoms with Gasteiger partial charge in [0.2, 0.25) is 0 Å². The van der Waals surface area contributed by atoms with E-state index in [1.54, 1.807) is 6.92 Å². The Morgan fingerprint density at radius 3 is 1.29 bits per heavy atom. The molecule has 4 nitrogen and oxygen atoms in total. The van der Waals surface area contributed by atoms with E-state index in [-0.39, 0.29) is 11.5 Å². The number of hydrogen-bond acceptors (Lipinski definition) is 3. The number of rotatable bonds is 7. The fraction of sp³-hybridized carbons (Fsp3) is 0.700. The van der Waals surface area contributed by atoms with E-state index >= 15 is 0 Å². The van der Waals surface area contributed by atoms with Gasteiger partial charge in [0.25, 0.3) is 0 Å². The third-order valence-corrected chi connectivity index (χ3v) is 2.44. The van der Waals surface area contributed by atoms with E-state index < -0.39 is 5.97 Å². The van der Waals surface area contributed by atoms with Gasteiger partial charge in [0.05, 0.1) is 6.61 Å². The fourth-order valence-electron chi connectivity index (χ4n) is 0.432. The van der Waals surface area contributed by atoms with Crippen LogP contribution in [0.15, 0.2) is 24.3 Å². The van der Waals surface area contributed by atoms with Gasteiger partial charge in [0.1, 0.15) is 0 Å². The van der Waals surface area contributed by atoms with Crippen molar-refractivity contribution in [2.45, 2.75) is 87.0 Å². The van der Waals surface area contributed by atoms with Gasteiger partial charge in [0, 0.05) is 11.1 Å². The van der Waals surface area contributed by atoms with Gasteiger partial charge < -0.3 is 9.84 Å². The molecular formula is C20H40O4. The minimum atomic E-state index is -0.935. The second-order valence-corrected chi connectivity index (χ2v) is 5.36. The minimum Gasteiger partial charge on any atom is -0.478 e. The number of carboxylic acid groups (broad SMARTS) is 1. The number of carboxylic acids is 1. The molecule has 0 aromatic heterocycles. The Labute approximate surface area is 150 Å². The monoisotopic (exact) mass is 344 g/mol. The summed E-state index contributed by atoms with van der Waals surface area (Å²) in [6.07, 6.45) is 7.25. The van der Waals surface area contributed by atoms with Crippen molar-refractivity contribution in [3.63, 3.8) is 0 Å². The fourth-order valence-corrected chi connectivity index (χ4v) is 0.432. The maximum absolute atomic E-state index is 10.7. The predicted molar refractivity (Wildman–Crippen MR) is 104 cm³/mol. The lowest BCUT2D eigenvalue weighted by Gasteiger charge is -2.01. The topological polar surface area (TPSA) is 63.6 Å². The molecule has 0 radical (unpaired) electrons. The van der Waals surface area contributed by atoms with E-state index in [1.807, 2.05) is 0 Å². The summed E-state index contributed by atoms with van der Waals surface area (Å²) in [7, 11) is 0. The number of esters is 1. The van der Waals surface area contributed by atoms with Crippen LogP contribution < -0.4 is 0 Å². The first-order valence-corrected chi connectivity index (χ1v) is 8.87. The summed E-state index contributed by atoms with van der Waals surface area (Å²) in [5.41, 5.74) is 0.645. The van der Waals surface area contributed by atoms with Crippen molar-refractivity contribution in [1.29, 1.82) is 0 Å². The summed E-state index contributed by atoms with van der Waals surface area (Å²) in [5, 5.41) is 7.89. The molecule has 0 aromatic rings. The maximum Gasteiger partial charge on any atom is 0.333 e. The van der Waals surface area contributed by atoms with Crippen LogP contribution in [0.2, 0.25) is 0 Å². The molecule has 0 aromatic carbocycles. The lowest BCUT2D eigenvalue weighted by Crippen LogP contribution is -2.05. The summed E-state index contributed by atoms with van der Waals surface area (Å²) in [5.74, 6) is -1.22. The highest BCUT2D eigenvalue weighted by atomic mass is 16.5. The molecule has 0 spiro atoms. The van der Waals surface area contributed by atoms with Crippen LogP contribution in [-0.4, -0.2) is 23.7 Å². The highest BCUT2D eigenvalue weighted by Crippen LogP contribution is 1.94. The lowest BCUT2D eigenvalue weighted by atomic mass is 10.3. The second-order valence-electron chi connectivity index (χ2n) is 5.36. The summed E-state index contributed by atoms with van der Waals surface area (Å²) >= 11 is 0. The number of aliphatic carboxylic acids is 1. The normalized spacial score (nSPS) is 8.12.